The third kappa shape index (κ3) is 4.73. The molecule has 0 aliphatic rings. The molecule has 0 radical (unpaired) electrons. The molecular weight excluding hydrogens is 491 g/mol. The number of carbonyl (C=O) groups is 1. The van der Waals surface area contributed by atoms with E-state index in [0.29, 0.717) is 69.0 Å². The van der Waals surface area contributed by atoms with Gasteiger partial charge >= 0.3 is 6.03 Å². The van der Waals surface area contributed by atoms with Crippen LogP contribution in [0, 0.1) is 5.82 Å². The van der Waals surface area contributed by atoms with Crippen molar-refractivity contribution in [2.24, 2.45) is 0 Å². The van der Waals surface area contributed by atoms with Crippen LogP contribution in [0.25, 0.3) is 32.9 Å². The summed E-state index contributed by atoms with van der Waals surface area (Å²) in [6.07, 6.45) is 0.336. The number of nitrogens with zero attached hydrogens (tertiary/aromatic N) is 2. The highest BCUT2D eigenvalue weighted by Crippen LogP contribution is 2.33. The molecule has 0 fully saturated rings. The highest BCUT2D eigenvalue weighted by atomic mass is 19.1. The lowest BCUT2D eigenvalue weighted by atomic mass is 9.98. The maximum atomic E-state index is 15.0. The lowest BCUT2D eigenvalue weighted by molar-refractivity contribution is 0.252. The van der Waals surface area contributed by atoms with E-state index in [4.69, 9.17) is 9.47 Å². The molecule has 2 amide bonds. The van der Waals surface area contributed by atoms with Crippen molar-refractivity contribution in [3.8, 4) is 22.6 Å². The summed E-state index contributed by atoms with van der Waals surface area (Å²) in [7, 11) is 3.02. The number of amides is 2. The van der Waals surface area contributed by atoms with Gasteiger partial charge in [0.05, 0.1) is 36.3 Å². The molecule has 2 aromatic heterocycles. The minimum Gasteiger partial charge on any atom is -0.493 e. The largest absolute Gasteiger partial charge is 0.493 e. The van der Waals surface area contributed by atoms with Crippen LogP contribution in [0.1, 0.15) is 18.2 Å². The highest BCUT2D eigenvalue weighted by Gasteiger charge is 2.15. The standard InChI is InChI=1S/C27H25FN6O4/c1-4-29-27(36)32-26-30-20-8-6-15(11-22(20)31-26)16-9-14(5-7-19(16)28)10-21-17-12-23(37-2)24(38-3)13-18(17)25(35)34-33-21/h5-9,11-13H,4,10H2,1-3H3,(H,34,35)(H3,29,30,31,32,36). The van der Waals surface area contributed by atoms with E-state index in [1.807, 2.05) is 6.92 Å². The molecule has 3 aromatic carbocycles. The van der Waals surface area contributed by atoms with Crippen LogP contribution >= 0.6 is 0 Å². The minimum atomic E-state index is -0.390. The van der Waals surface area contributed by atoms with E-state index in [2.05, 4.69) is 30.8 Å². The summed E-state index contributed by atoms with van der Waals surface area (Å²) in [6.45, 7) is 2.30. The van der Waals surface area contributed by atoms with Gasteiger partial charge in [-0.25, -0.2) is 19.3 Å². The molecule has 0 saturated carbocycles. The van der Waals surface area contributed by atoms with Crippen molar-refractivity contribution in [3.63, 3.8) is 0 Å². The van der Waals surface area contributed by atoms with Gasteiger partial charge in [0.1, 0.15) is 5.82 Å². The molecule has 5 rings (SSSR count). The van der Waals surface area contributed by atoms with Crippen LogP contribution in [-0.4, -0.2) is 47.0 Å². The number of anilines is 1. The van der Waals surface area contributed by atoms with Crippen LogP contribution in [-0.2, 0) is 6.42 Å². The Balaban J connectivity index is 1.50. The lowest BCUT2D eigenvalue weighted by Crippen LogP contribution is -2.28. The lowest BCUT2D eigenvalue weighted by Gasteiger charge is -2.12. The van der Waals surface area contributed by atoms with E-state index in [-0.39, 0.29) is 17.4 Å². The van der Waals surface area contributed by atoms with Crippen molar-refractivity contribution in [2.45, 2.75) is 13.3 Å². The molecule has 0 aliphatic heterocycles. The second-order valence-electron chi connectivity index (χ2n) is 8.54. The Morgan fingerprint density at radius 1 is 1.03 bits per heavy atom. The number of aromatic amines is 2. The molecule has 194 valence electrons. The smallest absolute Gasteiger partial charge is 0.321 e. The molecule has 0 atom stereocenters. The fraction of sp³-hybridized carbons (Fsp3) is 0.185. The van der Waals surface area contributed by atoms with Gasteiger partial charge < -0.3 is 19.8 Å². The van der Waals surface area contributed by atoms with Crippen molar-refractivity contribution in [3.05, 3.63) is 76.0 Å². The third-order valence-corrected chi connectivity index (χ3v) is 6.14. The van der Waals surface area contributed by atoms with E-state index < -0.39 is 0 Å². The average molecular weight is 517 g/mol. The molecule has 0 bridgehead atoms. The number of benzene rings is 3. The molecule has 10 nitrogen and oxygen atoms in total. The Morgan fingerprint density at radius 3 is 2.53 bits per heavy atom. The van der Waals surface area contributed by atoms with Gasteiger partial charge in [0.15, 0.2) is 11.5 Å². The number of imidazole rings is 1. The summed E-state index contributed by atoms with van der Waals surface area (Å²) in [4.78, 5) is 31.6. The monoisotopic (exact) mass is 516 g/mol. The summed E-state index contributed by atoms with van der Waals surface area (Å²) in [5.74, 6) is 0.812. The maximum Gasteiger partial charge on any atom is 0.321 e. The quantitative estimate of drug-likeness (QED) is 0.254. The zero-order chi connectivity index (χ0) is 26.8. The summed E-state index contributed by atoms with van der Waals surface area (Å²) < 4.78 is 25.7. The van der Waals surface area contributed by atoms with Gasteiger partial charge in [0, 0.05) is 23.9 Å². The predicted molar refractivity (Wildman–Crippen MR) is 142 cm³/mol. The van der Waals surface area contributed by atoms with E-state index in [1.165, 1.54) is 20.3 Å². The molecule has 5 aromatic rings. The van der Waals surface area contributed by atoms with Gasteiger partial charge in [-0.1, -0.05) is 12.1 Å². The summed E-state index contributed by atoms with van der Waals surface area (Å²) >= 11 is 0. The topological polar surface area (TPSA) is 134 Å². The van der Waals surface area contributed by atoms with Crippen LogP contribution < -0.4 is 25.7 Å². The number of nitrogens with one attached hydrogen (secondary N) is 4. The van der Waals surface area contributed by atoms with Gasteiger partial charge in [-0.15, -0.1) is 0 Å². The minimum absolute atomic E-state index is 0.292. The first-order chi connectivity index (χ1) is 18.4. The van der Waals surface area contributed by atoms with Crippen LogP contribution in [0.2, 0.25) is 0 Å². The molecule has 0 saturated heterocycles. The highest BCUT2D eigenvalue weighted by molar-refractivity contribution is 5.91. The molecular formula is C27H25FN6O4. The van der Waals surface area contributed by atoms with Gasteiger partial charge in [0.25, 0.3) is 5.56 Å². The maximum absolute atomic E-state index is 15.0. The molecule has 38 heavy (non-hydrogen) atoms. The number of aromatic nitrogens is 4. The summed E-state index contributed by atoms with van der Waals surface area (Å²) in [6, 6.07) is 13.1. The average Bonchev–Trinajstić information content (AvgIpc) is 3.32. The second-order valence-corrected chi connectivity index (χ2v) is 8.54. The SMILES string of the molecule is CCNC(=O)Nc1nc2ccc(-c3cc(Cc4n[nH]c(=O)c5cc(OC)c(OC)cc45)ccc3F)cc2[nH]1. The van der Waals surface area contributed by atoms with E-state index in [0.717, 1.165) is 5.56 Å². The number of methoxy groups -OCH3 is 2. The fourth-order valence-electron chi connectivity index (χ4n) is 4.32. The number of rotatable bonds is 7. The Morgan fingerprint density at radius 2 is 1.79 bits per heavy atom. The van der Waals surface area contributed by atoms with E-state index >= 15 is 0 Å². The third-order valence-electron chi connectivity index (χ3n) is 6.14. The zero-order valence-corrected chi connectivity index (χ0v) is 20.9. The number of urea groups is 1. The van der Waals surface area contributed by atoms with Gasteiger partial charge in [-0.05, 0) is 54.4 Å². The number of halogens is 1. The van der Waals surface area contributed by atoms with Gasteiger partial charge in [0.2, 0.25) is 5.95 Å². The first kappa shape index (κ1) is 24.8. The molecule has 0 aliphatic carbocycles. The van der Waals surface area contributed by atoms with Crippen LogP contribution in [0.15, 0.2) is 53.3 Å². The van der Waals surface area contributed by atoms with E-state index in [9.17, 15) is 14.0 Å². The number of hydrogen-bond acceptors (Lipinski definition) is 6. The first-order valence-electron chi connectivity index (χ1n) is 11.9. The molecule has 4 N–H and O–H groups in total. The summed E-state index contributed by atoms with van der Waals surface area (Å²) in [5.41, 5.74) is 3.35. The number of carbonyl (C=O) groups excluding carboxylic acids is 1. The number of fused-ring (bicyclic) bond motifs is 2. The molecule has 2 heterocycles. The second kappa shape index (κ2) is 10.2. The normalized spacial score (nSPS) is 11.1. The Kier molecular flexibility index (Phi) is 6.65. The van der Waals surface area contributed by atoms with Crippen LogP contribution in [0.5, 0.6) is 11.5 Å². The van der Waals surface area contributed by atoms with Crippen molar-refractivity contribution >= 4 is 33.8 Å². The summed E-state index contributed by atoms with van der Waals surface area (Å²) in [5, 5.41) is 13.1. The van der Waals surface area contributed by atoms with Crippen LogP contribution in [0.3, 0.4) is 0 Å². The zero-order valence-electron chi connectivity index (χ0n) is 20.9. The van der Waals surface area contributed by atoms with Crippen molar-refractivity contribution < 1.29 is 18.7 Å². The Bertz CT molecular complexity index is 1730. The van der Waals surface area contributed by atoms with Crippen molar-refractivity contribution in [2.75, 3.05) is 26.1 Å². The Labute approximate surface area is 216 Å². The number of hydrogen-bond donors (Lipinski definition) is 4. The predicted octanol–water partition coefficient (Wildman–Crippen LogP) is 4.35. The Hall–Kier alpha value is -4.93. The fourth-order valence-corrected chi connectivity index (χ4v) is 4.32. The van der Waals surface area contributed by atoms with Gasteiger partial charge in [-0.2, -0.15) is 5.10 Å². The van der Waals surface area contributed by atoms with Crippen molar-refractivity contribution in [1.29, 1.82) is 0 Å². The van der Waals surface area contributed by atoms with E-state index in [1.54, 1.807) is 42.5 Å². The molecule has 0 unspecified atom stereocenters. The van der Waals surface area contributed by atoms with Crippen molar-refractivity contribution in [1.82, 2.24) is 25.5 Å². The van der Waals surface area contributed by atoms with Crippen LogP contribution in [0.4, 0.5) is 15.1 Å². The molecule has 11 heteroatoms. The number of ether oxygens (including phenoxy) is 2. The first-order valence-corrected chi connectivity index (χ1v) is 11.9. The molecule has 0 spiro atoms. The number of H-pyrrole nitrogens is 2. The van der Waals surface area contributed by atoms with Gasteiger partial charge in [-0.3, -0.25) is 10.1 Å².